The van der Waals surface area contributed by atoms with Crippen molar-refractivity contribution in [2.75, 3.05) is 19.7 Å². The van der Waals surface area contributed by atoms with Gasteiger partial charge in [-0.3, -0.25) is 14.4 Å². The number of thiazole rings is 1. The molecular weight excluding hydrogens is 362 g/mol. The van der Waals surface area contributed by atoms with Crippen molar-refractivity contribution >= 4 is 17.2 Å². The average Bonchev–Trinajstić information content (AvgIpc) is 3.40. The first-order chi connectivity index (χ1) is 13.2. The Bertz CT molecular complexity index is 764. The van der Waals surface area contributed by atoms with Crippen molar-refractivity contribution in [3.8, 4) is 0 Å². The highest BCUT2D eigenvalue weighted by Crippen LogP contribution is 2.44. The largest absolute Gasteiger partial charge is 0.371 e. The number of rotatable bonds is 4. The van der Waals surface area contributed by atoms with Crippen LogP contribution in [0.15, 0.2) is 29.4 Å². The molecule has 3 fully saturated rings. The van der Waals surface area contributed by atoms with Gasteiger partial charge in [0.15, 0.2) is 0 Å². The lowest BCUT2D eigenvalue weighted by molar-refractivity contribution is -0.167. The molecule has 1 unspecified atom stereocenters. The monoisotopic (exact) mass is 387 g/mol. The van der Waals surface area contributed by atoms with E-state index in [0.29, 0.717) is 38.3 Å². The summed E-state index contributed by atoms with van der Waals surface area (Å²) in [5.41, 5.74) is 2.91. The molecule has 0 saturated carbocycles. The van der Waals surface area contributed by atoms with Crippen LogP contribution in [0.2, 0.25) is 0 Å². The Labute approximate surface area is 162 Å². The molecule has 27 heavy (non-hydrogen) atoms. The van der Waals surface area contributed by atoms with Gasteiger partial charge in [-0.05, 0) is 31.7 Å². The molecule has 2 aromatic heterocycles. The number of hydrogen-bond acceptors (Lipinski definition) is 6. The van der Waals surface area contributed by atoms with Gasteiger partial charge in [-0.2, -0.15) is 5.10 Å². The maximum atomic E-state index is 12.7. The molecule has 3 atom stereocenters. The number of carbonyl (C=O) groups excluding carboxylic acids is 1. The minimum atomic E-state index is -0.178. The zero-order valence-corrected chi connectivity index (χ0v) is 16.2. The van der Waals surface area contributed by atoms with Gasteiger partial charge in [-0.15, -0.1) is 11.3 Å². The molecule has 0 radical (unpaired) electrons. The topological polar surface area (TPSA) is 63.5 Å². The summed E-state index contributed by atoms with van der Waals surface area (Å²) in [6, 6.07) is 2.92. The van der Waals surface area contributed by atoms with Crippen molar-refractivity contribution in [3.63, 3.8) is 0 Å². The molecule has 2 bridgehead atoms. The summed E-state index contributed by atoms with van der Waals surface area (Å²) >= 11 is 1.66. The predicted octanol–water partition coefficient (Wildman–Crippen LogP) is 1.76. The maximum absolute atomic E-state index is 12.7. The number of nitrogens with zero attached hydrogens (tertiary/aromatic N) is 5. The predicted molar refractivity (Wildman–Crippen MR) is 101 cm³/mol. The quantitative estimate of drug-likeness (QED) is 0.800. The van der Waals surface area contributed by atoms with E-state index >= 15 is 0 Å². The molecule has 8 heteroatoms. The molecule has 3 aliphatic rings. The Morgan fingerprint density at radius 1 is 1.33 bits per heavy atom. The van der Waals surface area contributed by atoms with E-state index in [4.69, 9.17) is 4.74 Å². The summed E-state index contributed by atoms with van der Waals surface area (Å²) in [6.07, 6.45) is 8.02. The minimum absolute atomic E-state index is 0.138. The van der Waals surface area contributed by atoms with E-state index in [0.717, 1.165) is 19.4 Å². The molecule has 144 valence electrons. The Morgan fingerprint density at radius 2 is 2.19 bits per heavy atom. The van der Waals surface area contributed by atoms with Gasteiger partial charge in [0.2, 0.25) is 5.91 Å². The lowest BCUT2D eigenvalue weighted by Gasteiger charge is -2.50. The molecule has 1 amide bonds. The average molecular weight is 388 g/mol. The summed E-state index contributed by atoms with van der Waals surface area (Å²) in [4.78, 5) is 21.8. The van der Waals surface area contributed by atoms with E-state index in [-0.39, 0.29) is 11.5 Å². The Kier molecular flexibility index (Phi) is 4.49. The molecule has 5 rings (SSSR count). The Morgan fingerprint density at radius 3 is 2.89 bits per heavy atom. The zero-order chi connectivity index (χ0) is 18.3. The number of morpholine rings is 1. The van der Waals surface area contributed by atoms with Crippen LogP contribution >= 0.6 is 11.3 Å². The summed E-state index contributed by atoms with van der Waals surface area (Å²) < 4.78 is 8.03. The summed E-state index contributed by atoms with van der Waals surface area (Å²) in [5, 5.41) is 6.31. The number of amides is 1. The smallest absolute Gasteiger partial charge is 0.244 e. The molecule has 5 heterocycles. The highest BCUT2D eigenvalue weighted by atomic mass is 32.1. The van der Waals surface area contributed by atoms with E-state index in [1.807, 2.05) is 22.7 Å². The van der Waals surface area contributed by atoms with Crippen molar-refractivity contribution in [2.45, 2.75) is 56.5 Å². The SMILES string of the molecule is O=C(Cn1cccn1)N1CCOC2(C[C@H]3CC[C@@H](C2)N3Cc2cscn2)C1. The van der Waals surface area contributed by atoms with E-state index in [1.54, 1.807) is 22.2 Å². The summed E-state index contributed by atoms with van der Waals surface area (Å²) in [7, 11) is 0. The Balaban J connectivity index is 1.26. The molecule has 7 nitrogen and oxygen atoms in total. The van der Waals surface area contributed by atoms with Crippen LogP contribution in [0.25, 0.3) is 0 Å². The molecule has 3 aliphatic heterocycles. The van der Waals surface area contributed by atoms with Gasteiger partial charge in [0.05, 0.1) is 23.4 Å². The van der Waals surface area contributed by atoms with E-state index in [2.05, 4.69) is 20.4 Å². The lowest BCUT2D eigenvalue weighted by atomic mass is 9.84. The second-order valence-electron chi connectivity index (χ2n) is 8.00. The fraction of sp³-hybridized carbons (Fsp3) is 0.632. The van der Waals surface area contributed by atoms with Crippen LogP contribution < -0.4 is 0 Å². The molecule has 0 aromatic carbocycles. The van der Waals surface area contributed by atoms with Gasteiger partial charge in [0.1, 0.15) is 6.54 Å². The second-order valence-corrected chi connectivity index (χ2v) is 8.71. The normalized spacial score (nSPS) is 30.9. The highest BCUT2D eigenvalue weighted by Gasteiger charge is 2.51. The summed E-state index contributed by atoms with van der Waals surface area (Å²) in [6.45, 7) is 3.28. The standard InChI is InChI=1S/C19H25N5O2S/c25-18(11-23-5-1-4-21-23)22-6-7-26-19(13-22)8-16-2-3-17(9-19)24(16)10-15-12-27-14-20-15/h1,4-5,12,14,16-17H,2-3,6-11,13H2/t16-,17+,19?. The third-order valence-corrected chi connectivity index (χ3v) is 6.91. The van der Waals surface area contributed by atoms with Crippen LogP contribution in [0, 0.1) is 0 Å². The second kappa shape index (κ2) is 7.00. The van der Waals surface area contributed by atoms with Crippen molar-refractivity contribution in [1.29, 1.82) is 0 Å². The Hall–Kier alpha value is -1.77. The van der Waals surface area contributed by atoms with Crippen molar-refractivity contribution in [3.05, 3.63) is 35.0 Å². The van der Waals surface area contributed by atoms with Gasteiger partial charge in [-0.1, -0.05) is 0 Å². The molecule has 3 saturated heterocycles. The van der Waals surface area contributed by atoms with E-state index < -0.39 is 0 Å². The minimum Gasteiger partial charge on any atom is -0.371 e. The van der Waals surface area contributed by atoms with Crippen LogP contribution in [0.1, 0.15) is 31.4 Å². The van der Waals surface area contributed by atoms with Crippen LogP contribution in [-0.4, -0.2) is 67.9 Å². The third kappa shape index (κ3) is 3.41. The zero-order valence-electron chi connectivity index (χ0n) is 15.4. The third-order valence-electron chi connectivity index (χ3n) is 6.27. The number of ether oxygens (including phenoxy) is 1. The van der Waals surface area contributed by atoms with Crippen LogP contribution in [0.3, 0.4) is 0 Å². The molecule has 1 spiro atoms. The lowest BCUT2D eigenvalue weighted by Crippen LogP contribution is -2.61. The van der Waals surface area contributed by atoms with Crippen molar-refractivity contribution in [1.82, 2.24) is 24.6 Å². The first kappa shape index (κ1) is 17.3. The van der Waals surface area contributed by atoms with Gasteiger partial charge >= 0.3 is 0 Å². The van der Waals surface area contributed by atoms with Crippen LogP contribution in [0.4, 0.5) is 0 Å². The van der Waals surface area contributed by atoms with Gasteiger partial charge in [0, 0.05) is 49.5 Å². The molecule has 2 aromatic rings. The van der Waals surface area contributed by atoms with Gasteiger partial charge in [-0.25, -0.2) is 4.98 Å². The van der Waals surface area contributed by atoms with Gasteiger partial charge in [0.25, 0.3) is 0 Å². The van der Waals surface area contributed by atoms with E-state index in [9.17, 15) is 4.79 Å². The first-order valence-electron chi connectivity index (χ1n) is 9.73. The number of fused-ring (bicyclic) bond motifs is 2. The van der Waals surface area contributed by atoms with Gasteiger partial charge < -0.3 is 9.64 Å². The van der Waals surface area contributed by atoms with Crippen molar-refractivity contribution in [2.24, 2.45) is 0 Å². The van der Waals surface area contributed by atoms with Crippen LogP contribution in [0.5, 0.6) is 0 Å². The fourth-order valence-corrected chi connectivity index (χ4v) is 5.64. The van der Waals surface area contributed by atoms with E-state index in [1.165, 1.54) is 18.5 Å². The molecule has 0 aliphatic carbocycles. The van der Waals surface area contributed by atoms with Crippen LogP contribution in [-0.2, 0) is 22.6 Å². The first-order valence-corrected chi connectivity index (χ1v) is 10.7. The maximum Gasteiger partial charge on any atom is 0.244 e. The number of hydrogen-bond donors (Lipinski definition) is 0. The molecule has 0 N–H and O–H groups in total. The number of piperidine rings is 1. The number of aromatic nitrogens is 3. The fourth-order valence-electron chi connectivity index (χ4n) is 5.09. The molecular formula is C19H25N5O2S. The summed E-state index contributed by atoms with van der Waals surface area (Å²) in [5.74, 6) is 0.138. The van der Waals surface area contributed by atoms with Crippen molar-refractivity contribution < 1.29 is 9.53 Å². The highest BCUT2D eigenvalue weighted by molar-refractivity contribution is 7.07. The number of carbonyl (C=O) groups is 1.